The predicted octanol–water partition coefficient (Wildman–Crippen LogP) is 2.43. The van der Waals surface area contributed by atoms with Gasteiger partial charge in [0.1, 0.15) is 0 Å². The number of hydrogen-bond acceptors (Lipinski definition) is 3. The SMILES string of the molecule is COC(=O)C(O)Cc1ccc(-c2ccccc2)cc1. The second-order valence-electron chi connectivity index (χ2n) is 4.31. The van der Waals surface area contributed by atoms with Crippen molar-refractivity contribution in [1.29, 1.82) is 0 Å². The van der Waals surface area contributed by atoms with Crippen LogP contribution in [0.15, 0.2) is 54.6 Å². The maximum atomic E-state index is 11.1. The standard InChI is InChI=1S/C16H16O3/c1-19-16(18)15(17)11-12-7-9-14(10-8-12)13-5-3-2-4-6-13/h2-10,15,17H,11H2,1H3. The van der Waals surface area contributed by atoms with E-state index in [0.29, 0.717) is 0 Å². The van der Waals surface area contributed by atoms with E-state index in [1.165, 1.54) is 7.11 Å². The van der Waals surface area contributed by atoms with E-state index in [1.807, 2.05) is 54.6 Å². The maximum absolute atomic E-state index is 11.1. The molecule has 0 heterocycles. The summed E-state index contributed by atoms with van der Waals surface area (Å²) in [5.41, 5.74) is 3.15. The van der Waals surface area contributed by atoms with Crippen LogP contribution in [-0.2, 0) is 16.0 Å². The molecule has 98 valence electrons. The Kier molecular flexibility index (Phi) is 4.31. The molecule has 1 N–H and O–H groups in total. The zero-order valence-electron chi connectivity index (χ0n) is 10.7. The van der Waals surface area contributed by atoms with Gasteiger partial charge in [-0.2, -0.15) is 0 Å². The average Bonchev–Trinajstić information content (AvgIpc) is 2.48. The van der Waals surface area contributed by atoms with E-state index in [2.05, 4.69) is 4.74 Å². The molecule has 2 aromatic rings. The van der Waals surface area contributed by atoms with Crippen LogP contribution in [0.1, 0.15) is 5.56 Å². The van der Waals surface area contributed by atoms with Crippen LogP contribution < -0.4 is 0 Å². The Morgan fingerprint density at radius 3 is 2.21 bits per heavy atom. The van der Waals surface area contributed by atoms with E-state index < -0.39 is 12.1 Å². The molecule has 1 atom stereocenters. The molecule has 2 rings (SSSR count). The summed E-state index contributed by atoms with van der Waals surface area (Å²) in [6, 6.07) is 17.8. The molecule has 0 saturated carbocycles. The molecule has 0 aliphatic rings. The van der Waals surface area contributed by atoms with Crippen LogP contribution >= 0.6 is 0 Å². The minimum atomic E-state index is -1.10. The van der Waals surface area contributed by atoms with Crippen LogP contribution in [0.3, 0.4) is 0 Å². The molecule has 0 radical (unpaired) electrons. The first kappa shape index (κ1) is 13.3. The van der Waals surface area contributed by atoms with Crippen molar-refractivity contribution in [2.45, 2.75) is 12.5 Å². The van der Waals surface area contributed by atoms with E-state index in [-0.39, 0.29) is 6.42 Å². The van der Waals surface area contributed by atoms with Gasteiger partial charge in [0.25, 0.3) is 0 Å². The number of benzene rings is 2. The third-order valence-corrected chi connectivity index (χ3v) is 2.96. The summed E-state index contributed by atoms with van der Waals surface area (Å²) in [6.45, 7) is 0. The lowest BCUT2D eigenvalue weighted by Crippen LogP contribution is -2.23. The molecule has 0 saturated heterocycles. The molecule has 0 amide bonds. The Labute approximate surface area is 112 Å². The van der Waals surface area contributed by atoms with Crippen LogP contribution in [0.4, 0.5) is 0 Å². The lowest BCUT2D eigenvalue weighted by Gasteiger charge is -2.09. The Morgan fingerprint density at radius 2 is 1.63 bits per heavy atom. The summed E-state index contributed by atoms with van der Waals surface area (Å²) in [5, 5.41) is 9.58. The van der Waals surface area contributed by atoms with Gasteiger partial charge >= 0.3 is 5.97 Å². The Balaban J connectivity index is 2.09. The van der Waals surface area contributed by atoms with Crippen LogP contribution in [0.25, 0.3) is 11.1 Å². The molecule has 0 aromatic heterocycles. The highest BCUT2D eigenvalue weighted by atomic mass is 16.5. The molecule has 3 nitrogen and oxygen atoms in total. The van der Waals surface area contributed by atoms with E-state index in [4.69, 9.17) is 0 Å². The van der Waals surface area contributed by atoms with Crippen LogP contribution in [0.2, 0.25) is 0 Å². The highest BCUT2D eigenvalue weighted by molar-refractivity contribution is 5.74. The highest BCUT2D eigenvalue weighted by Crippen LogP contribution is 2.19. The zero-order chi connectivity index (χ0) is 13.7. The lowest BCUT2D eigenvalue weighted by molar-refractivity contribution is -0.150. The topological polar surface area (TPSA) is 46.5 Å². The van der Waals surface area contributed by atoms with Crippen LogP contribution in [0, 0.1) is 0 Å². The van der Waals surface area contributed by atoms with Gasteiger partial charge in [0.2, 0.25) is 0 Å². The number of rotatable bonds is 4. The summed E-state index contributed by atoms with van der Waals surface area (Å²) >= 11 is 0. The fraction of sp³-hybridized carbons (Fsp3) is 0.188. The number of hydrogen-bond donors (Lipinski definition) is 1. The number of aliphatic hydroxyl groups excluding tert-OH is 1. The molecule has 0 spiro atoms. The van der Waals surface area contributed by atoms with E-state index in [0.717, 1.165) is 16.7 Å². The van der Waals surface area contributed by atoms with E-state index in [1.54, 1.807) is 0 Å². The molecule has 0 bridgehead atoms. The molecule has 0 aliphatic carbocycles. The molecular formula is C16H16O3. The summed E-state index contributed by atoms with van der Waals surface area (Å²) in [5.74, 6) is -0.605. The van der Waals surface area contributed by atoms with Gasteiger partial charge < -0.3 is 9.84 Å². The maximum Gasteiger partial charge on any atom is 0.335 e. The summed E-state index contributed by atoms with van der Waals surface area (Å²) < 4.78 is 4.49. The summed E-state index contributed by atoms with van der Waals surface area (Å²) in [7, 11) is 1.27. The molecule has 1 unspecified atom stereocenters. The number of carbonyl (C=O) groups excluding carboxylic acids is 1. The first-order valence-corrected chi connectivity index (χ1v) is 6.11. The lowest BCUT2D eigenvalue weighted by atomic mass is 10.0. The molecule has 3 heteroatoms. The quantitative estimate of drug-likeness (QED) is 0.855. The smallest absolute Gasteiger partial charge is 0.335 e. The van der Waals surface area contributed by atoms with Crippen molar-refractivity contribution in [3.8, 4) is 11.1 Å². The van der Waals surface area contributed by atoms with E-state index >= 15 is 0 Å². The van der Waals surface area contributed by atoms with Gasteiger partial charge in [0.05, 0.1) is 7.11 Å². The minimum Gasteiger partial charge on any atom is -0.467 e. The van der Waals surface area contributed by atoms with Crippen molar-refractivity contribution in [3.63, 3.8) is 0 Å². The first-order valence-electron chi connectivity index (χ1n) is 6.11. The van der Waals surface area contributed by atoms with Gasteiger partial charge in [-0.15, -0.1) is 0 Å². The monoisotopic (exact) mass is 256 g/mol. The molecule has 0 fully saturated rings. The van der Waals surface area contributed by atoms with Gasteiger partial charge in [0.15, 0.2) is 6.10 Å². The van der Waals surface area contributed by atoms with Gasteiger partial charge in [-0.25, -0.2) is 4.79 Å². The third kappa shape index (κ3) is 3.42. The second kappa shape index (κ2) is 6.16. The van der Waals surface area contributed by atoms with Gasteiger partial charge in [-0.05, 0) is 16.7 Å². The summed E-state index contributed by atoms with van der Waals surface area (Å²) in [4.78, 5) is 11.1. The van der Waals surface area contributed by atoms with Crippen molar-refractivity contribution in [2.24, 2.45) is 0 Å². The first-order chi connectivity index (χ1) is 9.20. The Morgan fingerprint density at radius 1 is 1.05 bits per heavy atom. The third-order valence-electron chi connectivity index (χ3n) is 2.96. The fourth-order valence-electron chi connectivity index (χ4n) is 1.91. The normalized spacial score (nSPS) is 11.9. The zero-order valence-corrected chi connectivity index (χ0v) is 10.7. The molecular weight excluding hydrogens is 240 g/mol. The van der Waals surface area contributed by atoms with Gasteiger partial charge in [-0.3, -0.25) is 0 Å². The van der Waals surface area contributed by atoms with Crippen LogP contribution in [0.5, 0.6) is 0 Å². The second-order valence-corrected chi connectivity index (χ2v) is 4.31. The minimum absolute atomic E-state index is 0.266. The largest absolute Gasteiger partial charge is 0.467 e. The number of methoxy groups -OCH3 is 1. The van der Waals surface area contributed by atoms with Crippen molar-refractivity contribution >= 4 is 5.97 Å². The van der Waals surface area contributed by atoms with E-state index in [9.17, 15) is 9.90 Å². The average molecular weight is 256 g/mol. The van der Waals surface area contributed by atoms with Gasteiger partial charge in [0, 0.05) is 6.42 Å². The van der Waals surface area contributed by atoms with Crippen LogP contribution in [-0.4, -0.2) is 24.3 Å². The molecule has 0 aliphatic heterocycles. The van der Waals surface area contributed by atoms with Gasteiger partial charge in [-0.1, -0.05) is 54.6 Å². The molecule has 19 heavy (non-hydrogen) atoms. The highest BCUT2D eigenvalue weighted by Gasteiger charge is 2.15. The Hall–Kier alpha value is -2.13. The molecule has 2 aromatic carbocycles. The number of esters is 1. The fourth-order valence-corrected chi connectivity index (χ4v) is 1.91. The van der Waals surface area contributed by atoms with Crippen molar-refractivity contribution in [1.82, 2.24) is 0 Å². The van der Waals surface area contributed by atoms with Crippen molar-refractivity contribution in [3.05, 3.63) is 60.2 Å². The number of ether oxygens (including phenoxy) is 1. The number of carbonyl (C=O) groups is 1. The summed E-state index contributed by atoms with van der Waals surface area (Å²) in [6.07, 6.45) is -0.838. The Bertz CT molecular complexity index is 532. The predicted molar refractivity (Wildman–Crippen MR) is 73.6 cm³/mol. The number of aliphatic hydroxyl groups is 1. The van der Waals surface area contributed by atoms with Crippen molar-refractivity contribution < 1.29 is 14.6 Å². The van der Waals surface area contributed by atoms with Crippen molar-refractivity contribution in [2.75, 3.05) is 7.11 Å².